The lowest BCUT2D eigenvalue weighted by Crippen LogP contribution is -2.02. The third-order valence-electron chi connectivity index (χ3n) is 2.30. The lowest BCUT2D eigenvalue weighted by Gasteiger charge is -2.05. The summed E-state index contributed by atoms with van der Waals surface area (Å²) in [6.07, 6.45) is 4.55. The van der Waals surface area contributed by atoms with Gasteiger partial charge >= 0.3 is 0 Å². The van der Waals surface area contributed by atoms with E-state index in [0.29, 0.717) is 5.56 Å². The highest BCUT2D eigenvalue weighted by atomic mass is 32.2. The van der Waals surface area contributed by atoms with Gasteiger partial charge < -0.3 is 5.73 Å². The predicted octanol–water partition coefficient (Wildman–Crippen LogP) is 0.454. The topological polar surface area (TPSA) is 103 Å². The van der Waals surface area contributed by atoms with E-state index < -0.39 is 10.0 Å². The van der Waals surface area contributed by atoms with Crippen LogP contribution in [0.5, 0.6) is 0 Å². The lowest BCUT2D eigenvalue weighted by molar-refractivity contribution is 0.598. The molecule has 2 aromatic heterocycles. The normalized spacial score (nSPS) is 11.4. The van der Waals surface area contributed by atoms with Gasteiger partial charge in [0.1, 0.15) is 4.90 Å². The van der Waals surface area contributed by atoms with Crippen LogP contribution in [0, 0.1) is 0 Å². The van der Waals surface area contributed by atoms with Crippen molar-refractivity contribution in [3.63, 3.8) is 0 Å². The Bertz CT molecular complexity index is 705. The standard InChI is InChI=1S/C10H11N5O2S/c1-12-18(16,17)9-3-8(11)5-13-10(9)7-4-14-15(2)6-7/h3-6H,1,11H2,2H3. The molecule has 0 radical (unpaired) electrons. The van der Waals surface area contributed by atoms with Crippen molar-refractivity contribution < 1.29 is 8.42 Å². The van der Waals surface area contributed by atoms with Gasteiger partial charge in [-0.1, -0.05) is 0 Å². The van der Waals surface area contributed by atoms with Gasteiger partial charge in [-0.25, -0.2) is 0 Å². The summed E-state index contributed by atoms with van der Waals surface area (Å²) in [7, 11) is -2.13. The van der Waals surface area contributed by atoms with E-state index in [2.05, 4.69) is 21.2 Å². The molecule has 0 aliphatic carbocycles. The number of aromatic nitrogens is 3. The molecule has 0 saturated heterocycles. The van der Waals surface area contributed by atoms with Crippen molar-refractivity contribution in [1.82, 2.24) is 14.8 Å². The molecule has 2 rings (SSSR count). The van der Waals surface area contributed by atoms with Gasteiger partial charge in [-0.05, 0) is 6.07 Å². The van der Waals surface area contributed by atoms with Crippen LogP contribution in [0.15, 0.2) is 34.0 Å². The second-order valence-corrected chi connectivity index (χ2v) is 5.27. The number of rotatable bonds is 3. The van der Waals surface area contributed by atoms with E-state index in [4.69, 9.17) is 5.73 Å². The highest BCUT2D eigenvalue weighted by molar-refractivity contribution is 7.90. The summed E-state index contributed by atoms with van der Waals surface area (Å²) in [5.74, 6) is 0. The van der Waals surface area contributed by atoms with Crippen LogP contribution in [0.2, 0.25) is 0 Å². The minimum absolute atomic E-state index is 0.0782. The summed E-state index contributed by atoms with van der Waals surface area (Å²) in [5.41, 5.74) is 6.62. The second-order valence-electron chi connectivity index (χ2n) is 3.62. The highest BCUT2D eigenvalue weighted by Crippen LogP contribution is 2.27. The number of aryl methyl sites for hydroxylation is 1. The minimum atomic E-state index is -3.86. The monoisotopic (exact) mass is 265 g/mol. The fourth-order valence-corrected chi connectivity index (χ4v) is 2.33. The summed E-state index contributed by atoms with van der Waals surface area (Å²) in [4.78, 5) is 3.95. The van der Waals surface area contributed by atoms with E-state index in [-0.39, 0.29) is 16.3 Å². The van der Waals surface area contributed by atoms with E-state index in [1.807, 2.05) is 0 Å². The summed E-state index contributed by atoms with van der Waals surface area (Å²) in [6, 6.07) is 1.30. The number of nitrogen functional groups attached to an aromatic ring is 1. The maximum atomic E-state index is 11.8. The van der Waals surface area contributed by atoms with E-state index in [0.717, 1.165) is 0 Å². The first-order valence-corrected chi connectivity index (χ1v) is 6.35. The zero-order chi connectivity index (χ0) is 13.3. The summed E-state index contributed by atoms with van der Waals surface area (Å²) in [5, 5.41) is 3.97. The molecule has 0 aromatic carbocycles. The van der Waals surface area contributed by atoms with Gasteiger partial charge in [-0.2, -0.15) is 17.9 Å². The third kappa shape index (κ3) is 2.09. The minimum Gasteiger partial charge on any atom is -0.397 e. The Morgan fingerprint density at radius 2 is 2.17 bits per heavy atom. The Balaban J connectivity index is 2.72. The number of hydrogen-bond donors (Lipinski definition) is 1. The maximum Gasteiger partial charge on any atom is 0.283 e. The van der Waals surface area contributed by atoms with Crippen molar-refractivity contribution in [3.05, 3.63) is 24.7 Å². The van der Waals surface area contributed by atoms with Crippen molar-refractivity contribution >= 4 is 22.4 Å². The first kappa shape index (κ1) is 12.2. The van der Waals surface area contributed by atoms with Gasteiger partial charge in [0.25, 0.3) is 10.0 Å². The summed E-state index contributed by atoms with van der Waals surface area (Å²) in [6.45, 7) is 3.05. The Hall–Kier alpha value is -2.22. The van der Waals surface area contributed by atoms with Gasteiger partial charge in [0.05, 0.1) is 23.8 Å². The third-order valence-corrected chi connectivity index (χ3v) is 3.51. The molecule has 0 aliphatic rings. The summed E-state index contributed by atoms with van der Waals surface area (Å²) >= 11 is 0. The molecule has 2 N–H and O–H groups in total. The molecule has 18 heavy (non-hydrogen) atoms. The number of nitrogens with zero attached hydrogens (tertiary/aromatic N) is 4. The van der Waals surface area contributed by atoms with Crippen molar-refractivity contribution in [2.24, 2.45) is 11.4 Å². The molecule has 2 heterocycles. The second kappa shape index (κ2) is 4.22. The molecule has 2 aromatic rings. The Morgan fingerprint density at radius 3 is 2.72 bits per heavy atom. The van der Waals surface area contributed by atoms with Gasteiger partial charge in [0.15, 0.2) is 0 Å². The molecule has 0 spiro atoms. The zero-order valence-electron chi connectivity index (χ0n) is 9.61. The smallest absolute Gasteiger partial charge is 0.283 e. The van der Waals surface area contributed by atoms with Crippen LogP contribution < -0.4 is 5.73 Å². The number of anilines is 1. The van der Waals surface area contributed by atoms with Crippen molar-refractivity contribution in [3.8, 4) is 11.3 Å². The molecule has 8 heteroatoms. The van der Waals surface area contributed by atoms with Crippen LogP contribution in [0.1, 0.15) is 0 Å². The molecule has 0 unspecified atom stereocenters. The Kier molecular flexibility index (Phi) is 2.87. The Morgan fingerprint density at radius 1 is 1.44 bits per heavy atom. The Labute approximate surface area is 104 Å². The van der Waals surface area contributed by atoms with Crippen molar-refractivity contribution in [2.45, 2.75) is 4.90 Å². The maximum absolute atomic E-state index is 11.8. The van der Waals surface area contributed by atoms with E-state index >= 15 is 0 Å². The van der Waals surface area contributed by atoms with Gasteiger partial charge in [-0.15, -0.1) is 0 Å². The quantitative estimate of drug-likeness (QED) is 0.812. The van der Waals surface area contributed by atoms with E-state index in [1.165, 1.54) is 18.5 Å². The van der Waals surface area contributed by atoms with E-state index in [1.54, 1.807) is 17.9 Å². The zero-order valence-corrected chi connectivity index (χ0v) is 10.4. The molecule has 0 fully saturated rings. The van der Waals surface area contributed by atoms with Crippen LogP contribution in [0.25, 0.3) is 11.3 Å². The molecule has 94 valence electrons. The molecule has 7 nitrogen and oxygen atoms in total. The van der Waals surface area contributed by atoms with Crippen LogP contribution in [-0.4, -0.2) is 29.9 Å². The molecule has 0 amide bonds. The number of hydrogen-bond acceptors (Lipinski definition) is 5. The fraction of sp³-hybridized carbons (Fsp3) is 0.100. The van der Waals surface area contributed by atoms with Crippen molar-refractivity contribution in [2.75, 3.05) is 5.73 Å². The van der Waals surface area contributed by atoms with Crippen LogP contribution in [-0.2, 0) is 17.1 Å². The highest BCUT2D eigenvalue weighted by Gasteiger charge is 2.20. The molecule has 0 atom stereocenters. The molecular weight excluding hydrogens is 254 g/mol. The van der Waals surface area contributed by atoms with E-state index in [9.17, 15) is 8.42 Å². The van der Waals surface area contributed by atoms with Crippen LogP contribution in [0.3, 0.4) is 0 Å². The van der Waals surface area contributed by atoms with Crippen molar-refractivity contribution in [1.29, 1.82) is 0 Å². The van der Waals surface area contributed by atoms with Crippen LogP contribution in [0.4, 0.5) is 5.69 Å². The van der Waals surface area contributed by atoms with Gasteiger partial charge in [-0.3, -0.25) is 9.67 Å². The van der Waals surface area contributed by atoms with Crippen LogP contribution >= 0.6 is 0 Å². The molecule has 0 saturated carbocycles. The number of pyridine rings is 1. The predicted molar refractivity (Wildman–Crippen MR) is 67.6 cm³/mol. The van der Waals surface area contributed by atoms with Gasteiger partial charge in [0, 0.05) is 25.5 Å². The molecular formula is C10H11N5O2S. The summed E-state index contributed by atoms with van der Waals surface area (Å²) < 4.78 is 28.3. The fourth-order valence-electron chi connectivity index (χ4n) is 1.49. The number of sulfonamides is 1. The molecule has 0 aliphatic heterocycles. The lowest BCUT2D eigenvalue weighted by atomic mass is 10.2. The first-order chi connectivity index (χ1) is 8.44. The largest absolute Gasteiger partial charge is 0.397 e. The van der Waals surface area contributed by atoms with Gasteiger partial charge in [0.2, 0.25) is 0 Å². The first-order valence-electron chi connectivity index (χ1n) is 4.91. The molecule has 0 bridgehead atoms. The average Bonchev–Trinajstić information content (AvgIpc) is 2.75. The number of nitrogens with two attached hydrogens (primary N) is 1. The average molecular weight is 265 g/mol. The SMILES string of the molecule is C=NS(=O)(=O)c1cc(N)cnc1-c1cnn(C)c1.